The SMILES string of the molecule is CC1CC(NC(=O)C(N)Cc2ccccc2)CN1C1CC1. The van der Waals surface area contributed by atoms with Gasteiger partial charge in [-0.15, -0.1) is 0 Å². The maximum atomic E-state index is 12.2. The van der Waals surface area contributed by atoms with Gasteiger partial charge in [0.1, 0.15) is 0 Å². The van der Waals surface area contributed by atoms with Crippen LogP contribution in [0.1, 0.15) is 31.7 Å². The quantitative estimate of drug-likeness (QED) is 0.858. The lowest BCUT2D eigenvalue weighted by Crippen LogP contribution is -2.47. The van der Waals surface area contributed by atoms with Crippen LogP contribution in [-0.2, 0) is 11.2 Å². The lowest BCUT2D eigenvalue weighted by molar-refractivity contribution is -0.123. The summed E-state index contributed by atoms with van der Waals surface area (Å²) in [5.41, 5.74) is 7.15. The molecule has 3 N–H and O–H groups in total. The molecule has 4 heteroatoms. The summed E-state index contributed by atoms with van der Waals surface area (Å²) in [6.45, 7) is 3.24. The fourth-order valence-corrected chi connectivity index (χ4v) is 3.34. The Balaban J connectivity index is 1.49. The number of nitrogens with two attached hydrogens (primary N) is 1. The number of nitrogens with zero attached hydrogens (tertiary/aromatic N) is 1. The van der Waals surface area contributed by atoms with E-state index in [1.165, 1.54) is 12.8 Å². The average Bonchev–Trinajstić information content (AvgIpc) is 3.24. The largest absolute Gasteiger partial charge is 0.351 e. The number of likely N-dealkylation sites (tertiary alicyclic amines) is 1. The van der Waals surface area contributed by atoms with Crippen LogP contribution in [0.5, 0.6) is 0 Å². The molecule has 114 valence electrons. The van der Waals surface area contributed by atoms with Gasteiger partial charge < -0.3 is 11.1 Å². The van der Waals surface area contributed by atoms with Crippen molar-refractivity contribution in [2.24, 2.45) is 5.73 Å². The van der Waals surface area contributed by atoms with Gasteiger partial charge in [-0.2, -0.15) is 0 Å². The van der Waals surface area contributed by atoms with Crippen LogP contribution in [0.2, 0.25) is 0 Å². The van der Waals surface area contributed by atoms with Crippen LogP contribution >= 0.6 is 0 Å². The number of amides is 1. The Morgan fingerprint density at radius 1 is 1.38 bits per heavy atom. The van der Waals surface area contributed by atoms with Gasteiger partial charge in [0.05, 0.1) is 6.04 Å². The lowest BCUT2D eigenvalue weighted by atomic mass is 10.1. The lowest BCUT2D eigenvalue weighted by Gasteiger charge is -2.20. The minimum atomic E-state index is -0.460. The average molecular weight is 287 g/mol. The molecule has 1 heterocycles. The normalized spacial score (nSPS) is 27.5. The van der Waals surface area contributed by atoms with Gasteiger partial charge in [0.2, 0.25) is 5.91 Å². The van der Waals surface area contributed by atoms with Crippen LogP contribution < -0.4 is 11.1 Å². The van der Waals surface area contributed by atoms with Crippen molar-refractivity contribution in [3.63, 3.8) is 0 Å². The Bertz CT molecular complexity index is 486. The molecule has 1 aromatic carbocycles. The summed E-state index contributed by atoms with van der Waals surface area (Å²) in [7, 11) is 0. The number of carbonyl (C=O) groups excluding carboxylic acids is 1. The first-order chi connectivity index (χ1) is 10.1. The summed E-state index contributed by atoms with van der Waals surface area (Å²) in [4.78, 5) is 14.8. The zero-order valence-corrected chi connectivity index (χ0v) is 12.7. The molecule has 1 saturated carbocycles. The zero-order valence-electron chi connectivity index (χ0n) is 12.7. The van der Waals surface area contributed by atoms with Crippen molar-refractivity contribution >= 4 is 5.91 Å². The third kappa shape index (κ3) is 3.63. The Morgan fingerprint density at radius 3 is 2.76 bits per heavy atom. The number of hydrogen-bond acceptors (Lipinski definition) is 3. The van der Waals surface area contributed by atoms with Crippen LogP contribution in [0.4, 0.5) is 0 Å². The molecule has 0 radical (unpaired) electrons. The Morgan fingerprint density at radius 2 is 2.10 bits per heavy atom. The van der Waals surface area contributed by atoms with E-state index >= 15 is 0 Å². The first-order valence-corrected chi connectivity index (χ1v) is 7.99. The van der Waals surface area contributed by atoms with E-state index in [1.54, 1.807) is 0 Å². The van der Waals surface area contributed by atoms with Crippen LogP contribution in [0.15, 0.2) is 30.3 Å². The molecule has 3 rings (SSSR count). The van der Waals surface area contributed by atoms with Crippen LogP contribution in [-0.4, -0.2) is 41.5 Å². The molecule has 2 aliphatic rings. The van der Waals surface area contributed by atoms with E-state index in [0.717, 1.165) is 24.6 Å². The molecule has 1 saturated heterocycles. The van der Waals surface area contributed by atoms with Crippen LogP contribution in [0.25, 0.3) is 0 Å². The van der Waals surface area contributed by atoms with Gasteiger partial charge in [-0.3, -0.25) is 9.69 Å². The first-order valence-electron chi connectivity index (χ1n) is 7.99. The predicted octanol–water partition coefficient (Wildman–Crippen LogP) is 1.30. The minimum absolute atomic E-state index is 0.0197. The van der Waals surface area contributed by atoms with Gasteiger partial charge in [0.15, 0.2) is 0 Å². The molecule has 0 bridgehead atoms. The van der Waals surface area contributed by atoms with Gasteiger partial charge in [0, 0.05) is 24.7 Å². The topological polar surface area (TPSA) is 58.4 Å². The van der Waals surface area contributed by atoms with Crippen molar-refractivity contribution in [3.8, 4) is 0 Å². The second-order valence-electron chi connectivity index (χ2n) is 6.51. The van der Waals surface area contributed by atoms with Crippen LogP contribution in [0, 0.1) is 0 Å². The number of benzene rings is 1. The summed E-state index contributed by atoms with van der Waals surface area (Å²) >= 11 is 0. The molecule has 4 nitrogen and oxygen atoms in total. The minimum Gasteiger partial charge on any atom is -0.351 e. The van der Waals surface area contributed by atoms with Crippen molar-refractivity contribution in [1.29, 1.82) is 0 Å². The fraction of sp³-hybridized carbons (Fsp3) is 0.588. The van der Waals surface area contributed by atoms with E-state index in [9.17, 15) is 4.79 Å². The van der Waals surface area contributed by atoms with E-state index in [4.69, 9.17) is 5.73 Å². The first kappa shape index (κ1) is 14.5. The summed E-state index contributed by atoms with van der Waals surface area (Å²) < 4.78 is 0. The van der Waals surface area contributed by atoms with E-state index in [2.05, 4.69) is 17.1 Å². The number of carbonyl (C=O) groups is 1. The Labute approximate surface area is 126 Å². The molecule has 1 amide bonds. The number of rotatable bonds is 5. The highest BCUT2D eigenvalue weighted by molar-refractivity contribution is 5.82. The molecule has 2 fully saturated rings. The summed E-state index contributed by atoms with van der Waals surface area (Å²) in [5.74, 6) is -0.0197. The molecular weight excluding hydrogens is 262 g/mol. The predicted molar refractivity (Wildman–Crippen MR) is 83.9 cm³/mol. The number of nitrogens with one attached hydrogen (secondary N) is 1. The molecule has 1 aromatic rings. The maximum Gasteiger partial charge on any atom is 0.237 e. The Hall–Kier alpha value is -1.39. The van der Waals surface area contributed by atoms with E-state index in [1.807, 2.05) is 30.3 Å². The molecule has 0 spiro atoms. The molecule has 3 atom stereocenters. The molecule has 3 unspecified atom stereocenters. The maximum absolute atomic E-state index is 12.2. The van der Waals surface area contributed by atoms with E-state index in [0.29, 0.717) is 12.5 Å². The monoisotopic (exact) mass is 287 g/mol. The summed E-state index contributed by atoms with van der Waals surface area (Å²) in [6.07, 6.45) is 4.28. The fourth-order valence-electron chi connectivity index (χ4n) is 3.34. The molecule has 0 aromatic heterocycles. The van der Waals surface area contributed by atoms with Crippen LogP contribution in [0.3, 0.4) is 0 Å². The van der Waals surface area contributed by atoms with E-state index < -0.39 is 6.04 Å². The molecule has 1 aliphatic heterocycles. The summed E-state index contributed by atoms with van der Waals surface area (Å²) in [5, 5.41) is 3.14. The van der Waals surface area contributed by atoms with Gasteiger partial charge in [0.25, 0.3) is 0 Å². The molecule has 21 heavy (non-hydrogen) atoms. The van der Waals surface area contributed by atoms with Gasteiger partial charge >= 0.3 is 0 Å². The second-order valence-corrected chi connectivity index (χ2v) is 6.51. The Kier molecular flexibility index (Phi) is 4.27. The van der Waals surface area contributed by atoms with Crippen molar-refractivity contribution < 1.29 is 4.79 Å². The summed E-state index contributed by atoms with van der Waals surface area (Å²) in [6, 6.07) is 11.1. The highest BCUT2D eigenvalue weighted by Crippen LogP contribution is 2.33. The zero-order chi connectivity index (χ0) is 14.8. The molecule has 1 aliphatic carbocycles. The second kappa shape index (κ2) is 6.16. The van der Waals surface area contributed by atoms with Gasteiger partial charge in [-0.05, 0) is 38.2 Å². The van der Waals surface area contributed by atoms with Crippen molar-refractivity contribution in [1.82, 2.24) is 10.2 Å². The van der Waals surface area contributed by atoms with Crippen molar-refractivity contribution in [2.75, 3.05) is 6.54 Å². The van der Waals surface area contributed by atoms with Crippen molar-refractivity contribution in [3.05, 3.63) is 35.9 Å². The molecular formula is C17H25N3O. The third-order valence-electron chi connectivity index (χ3n) is 4.62. The third-order valence-corrected chi connectivity index (χ3v) is 4.62. The highest BCUT2D eigenvalue weighted by Gasteiger charge is 2.39. The van der Waals surface area contributed by atoms with Crippen molar-refractivity contribution in [2.45, 2.75) is 56.8 Å². The van der Waals surface area contributed by atoms with E-state index in [-0.39, 0.29) is 11.9 Å². The number of hydrogen-bond donors (Lipinski definition) is 2. The van der Waals surface area contributed by atoms with Gasteiger partial charge in [-0.1, -0.05) is 30.3 Å². The van der Waals surface area contributed by atoms with Gasteiger partial charge in [-0.25, -0.2) is 0 Å². The highest BCUT2D eigenvalue weighted by atomic mass is 16.2. The standard InChI is InChI=1S/C17H25N3O/c1-12-9-14(11-20(12)15-7-8-15)19-17(21)16(18)10-13-5-3-2-4-6-13/h2-6,12,14-16H,7-11,18H2,1H3,(H,19,21). The smallest absolute Gasteiger partial charge is 0.237 e.